The van der Waals surface area contributed by atoms with Crippen LogP contribution in [0.4, 0.5) is 0 Å². The summed E-state index contributed by atoms with van der Waals surface area (Å²) in [5, 5.41) is 5.37. The van der Waals surface area contributed by atoms with Crippen molar-refractivity contribution >= 4 is 11.8 Å². The van der Waals surface area contributed by atoms with Gasteiger partial charge in [0.25, 0.3) is 11.8 Å². The second-order valence-electron chi connectivity index (χ2n) is 6.53. The number of aromatic nitrogens is 1. The molecule has 0 saturated heterocycles. The topological polar surface area (TPSA) is 80.2 Å². The van der Waals surface area contributed by atoms with Gasteiger partial charge in [0, 0.05) is 32.0 Å². The number of nitrogens with zero attached hydrogens (tertiary/aromatic N) is 1. The van der Waals surface area contributed by atoms with E-state index in [1.165, 1.54) is 12.4 Å². The van der Waals surface area contributed by atoms with Crippen LogP contribution in [0, 0.1) is 5.92 Å². The fourth-order valence-corrected chi connectivity index (χ4v) is 2.61. The summed E-state index contributed by atoms with van der Waals surface area (Å²) in [4.78, 5) is 37.4. The lowest BCUT2D eigenvalue weighted by Crippen LogP contribution is -2.35. The van der Waals surface area contributed by atoms with E-state index in [4.69, 9.17) is 0 Å². The highest BCUT2D eigenvalue weighted by atomic mass is 16.2. The van der Waals surface area contributed by atoms with Gasteiger partial charge in [-0.1, -0.05) is 44.2 Å². The largest absolute Gasteiger partial charge is 0.352 e. The summed E-state index contributed by atoms with van der Waals surface area (Å²) in [7, 11) is 0. The third kappa shape index (κ3) is 5.05. The van der Waals surface area contributed by atoms with E-state index < -0.39 is 17.2 Å². The number of benzene rings is 1. The third-order valence-corrected chi connectivity index (χ3v) is 3.78. The van der Waals surface area contributed by atoms with Gasteiger partial charge in [-0.2, -0.15) is 0 Å². The predicted molar refractivity (Wildman–Crippen MR) is 101 cm³/mol. The molecule has 0 atom stereocenters. The van der Waals surface area contributed by atoms with Crippen LogP contribution in [0.1, 0.15) is 47.1 Å². The van der Waals surface area contributed by atoms with Gasteiger partial charge in [0.15, 0.2) is 0 Å². The van der Waals surface area contributed by atoms with E-state index in [0.717, 1.165) is 5.56 Å². The van der Waals surface area contributed by atoms with E-state index in [2.05, 4.69) is 10.6 Å². The molecular formula is C20H25N3O3. The molecule has 0 spiro atoms. The van der Waals surface area contributed by atoms with Crippen molar-refractivity contribution in [1.29, 1.82) is 0 Å². The molecule has 2 aromatic rings. The number of carbonyl (C=O) groups is 2. The Morgan fingerprint density at radius 3 is 2.12 bits per heavy atom. The number of hydrogen-bond donors (Lipinski definition) is 2. The van der Waals surface area contributed by atoms with E-state index in [9.17, 15) is 14.4 Å². The summed E-state index contributed by atoms with van der Waals surface area (Å²) in [5.74, 6) is -0.643. The number of carbonyl (C=O) groups excluding carboxylic acids is 2. The average Bonchev–Trinajstić information content (AvgIpc) is 2.61. The first-order valence-corrected chi connectivity index (χ1v) is 8.76. The van der Waals surface area contributed by atoms with Crippen LogP contribution in [-0.2, 0) is 13.1 Å². The molecule has 0 bridgehead atoms. The van der Waals surface area contributed by atoms with Crippen molar-refractivity contribution in [2.75, 3.05) is 6.54 Å². The monoisotopic (exact) mass is 355 g/mol. The summed E-state index contributed by atoms with van der Waals surface area (Å²) in [6, 6.07) is 9.44. The van der Waals surface area contributed by atoms with Gasteiger partial charge < -0.3 is 15.2 Å². The molecule has 0 unspecified atom stereocenters. The van der Waals surface area contributed by atoms with Gasteiger partial charge in [0.2, 0.25) is 5.43 Å². The minimum Gasteiger partial charge on any atom is -0.352 e. The summed E-state index contributed by atoms with van der Waals surface area (Å²) in [5.41, 5.74) is 0.343. The van der Waals surface area contributed by atoms with E-state index in [1.807, 2.05) is 44.2 Å². The fourth-order valence-electron chi connectivity index (χ4n) is 2.61. The highest BCUT2D eigenvalue weighted by Gasteiger charge is 2.19. The Bertz CT molecular complexity index is 826. The van der Waals surface area contributed by atoms with Gasteiger partial charge >= 0.3 is 0 Å². The Kier molecular flexibility index (Phi) is 6.72. The van der Waals surface area contributed by atoms with Crippen molar-refractivity contribution < 1.29 is 9.59 Å². The molecule has 0 aliphatic rings. The minimum atomic E-state index is -0.554. The molecule has 26 heavy (non-hydrogen) atoms. The first-order valence-electron chi connectivity index (χ1n) is 8.76. The molecule has 138 valence electrons. The number of nitrogens with one attached hydrogen (secondary N) is 2. The normalized spacial score (nSPS) is 10.6. The minimum absolute atomic E-state index is 0.0140. The van der Waals surface area contributed by atoms with Gasteiger partial charge in [-0.05, 0) is 18.4 Å². The highest BCUT2D eigenvalue weighted by Crippen LogP contribution is 2.05. The van der Waals surface area contributed by atoms with Crippen LogP contribution >= 0.6 is 0 Å². The second-order valence-corrected chi connectivity index (χ2v) is 6.53. The lowest BCUT2D eigenvalue weighted by Gasteiger charge is -2.14. The fraction of sp³-hybridized carbons (Fsp3) is 0.350. The summed E-state index contributed by atoms with van der Waals surface area (Å²) < 4.78 is 1.73. The van der Waals surface area contributed by atoms with Crippen molar-refractivity contribution in [3.8, 4) is 0 Å². The molecule has 2 amide bonds. The smallest absolute Gasteiger partial charge is 0.257 e. The van der Waals surface area contributed by atoms with Crippen molar-refractivity contribution in [3.63, 3.8) is 0 Å². The molecule has 1 heterocycles. The molecule has 6 heteroatoms. The van der Waals surface area contributed by atoms with Crippen molar-refractivity contribution in [1.82, 2.24) is 15.2 Å². The van der Waals surface area contributed by atoms with Crippen molar-refractivity contribution in [3.05, 3.63) is 69.6 Å². The van der Waals surface area contributed by atoms with Gasteiger partial charge in [-0.3, -0.25) is 14.4 Å². The molecule has 6 nitrogen and oxygen atoms in total. The zero-order valence-corrected chi connectivity index (χ0v) is 15.4. The average molecular weight is 355 g/mol. The molecule has 1 aromatic carbocycles. The number of hydrogen-bond acceptors (Lipinski definition) is 3. The summed E-state index contributed by atoms with van der Waals surface area (Å²) >= 11 is 0. The zero-order chi connectivity index (χ0) is 19.1. The molecule has 2 rings (SSSR count). The maximum Gasteiger partial charge on any atom is 0.257 e. The second kappa shape index (κ2) is 8.99. The maximum absolute atomic E-state index is 12.6. The maximum atomic E-state index is 12.6. The van der Waals surface area contributed by atoms with Gasteiger partial charge in [-0.25, -0.2) is 0 Å². The van der Waals surface area contributed by atoms with Crippen LogP contribution in [-0.4, -0.2) is 22.9 Å². The predicted octanol–water partition coefficient (Wildman–Crippen LogP) is 2.18. The first kappa shape index (κ1) is 19.4. The van der Waals surface area contributed by atoms with Crippen LogP contribution in [0.15, 0.2) is 47.5 Å². The van der Waals surface area contributed by atoms with Crippen molar-refractivity contribution in [2.45, 2.75) is 33.9 Å². The highest BCUT2D eigenvalue weighted by molar-refractivity contribution is 5.99. The number of pyridine rings is 1. The van der Waals surface area contributed by atoms with Crippen LogP contribution < -0.4 is 16.1 Å². The lowest BCUT2D eigenvalue weighted by atomic mass is 10.1. The molecule has 0 fully saturated rings. The Morgan fingerprint density at radius 2 is 1.58 bits per heavy atom. The van der Waals surface area contributed by atoms with E-state index >= 15 is 0 Å². The van der Waals surface area contributed by atoms with E-state index in [-0.39, 0.29) is 11.1 Å². The van der Waals surface area contributed by atoms with E-state index in [1.54, 1.807) is 11.5 Å². The Hall–Kier alpha value is -2.89. The van der Waals surface area contributed by atoms with Crippen LogP contribution in [0.5, 0.6) is 0 Å². The molecule has 0 saturated carbocycles. The van der Waals surface area contributed by atoms with Gasteiger partial charge in [0.05, 0.1) is 0 Å². The summed E-state index contributed by atoms with van der Waals surface area (Å²) in [6.07, 6.45) is 3.03. The van der Waals surface area contributed by atoms with Gasteiger partial charge in [-0.15, -0.1) is 0 Å². The number of rotatable bonds is 7. The van der Waals surface area contributed by atoms with Crippen LogP contribution in [0.3, 0.4) is 0 Å². The quantitative estimate of drug-likeness (QED) is 0.799. The Balaban J connectivity index is 2.32. The molecular weight excluding hydrogens is 330 g/mol. The molecule has 0 radical (unpaired) electrons. The van der Waals surface area contributed by atoms with Crippen LogP contribution in [0.25, 0.3) is 0 Å². The summed E-state index contributed by atoms with van der Waals surface area (Å²) in [6.45, 7) is 7.16. The third-order valence-electron chi connectivity index (χ3n) is 3.78. The lowest BCUT2D eigenvalue weighted by molar-refractivity contribution is 0.0948. The molecule has 0 aliphatic heterocycles. The Labute approximate surface area is 153 Å². The zero-order valence-electron chi connectivity index (χ0n) is 15.4. The SMILES string of the molecule is CCNC(=O)c1cn(CC(C)C)cc(C(=O)NCc2ccccc2)c1=O. The van der Waals surface area contributed by atoms with Gasteiger partial charge in [0.1, 0.15) is 11.1 Å². The standard InChI is InChI=1S/C20H25N3O3/c1-4-21-19(25)16-12-23(11-14(2)3)13-17(18(16)24)20(26)22-10-15-8-6-5-7-9-15/h5-9,12-14H,4,10-11H2,1-3H3,(H,21,25)(H,22,26). The molecule has 1 aromatic heterocycles. The number of amides is 2. The van der Waals surface area contributed by atoms with Crippen LogP contribution in [0.2, 0.25) is 0 Å². The van der Waals surface area contributed by atoms with Crippen molar-refractivity contribution in [2.24, 2.45) is 5.92 Å². The van der Waals surface area contributed by atoms with E-state index in [0.29, 0.717) is 25.6 Å². The first-order chi connectivity index (χ1) is 12.4. The molecule has 2 N–H and O–H groups in total. The molecule has 0 aliphatic carbocycles. The Morgan fingerprint density at radius 1 is 1.00 bits per heavy atom.